The Morgan fingerprint density at radius 2 is 1.79 bits per heavy atom. The van der Waals surface area contributed by atoms with Crippen LogP contribution in [0.4, 0.5) is 0 Å². The summed E-state index contributed by atoms with van der Waals surface area (Å²) in [6.45, 7) is 12.1. The van der Waals surface area contributed by atoms with Gasteiger partial charge < -0.3 is 15.0 Å². The van der Waals surface area contributed by atoms with Gasteiger partial charge in [-0.05, 0) is 59.5 Å². The maximum absolute atomic E-state index is 12.4. The zero-order valence-electron chi connectivity index (χ0n) is 17.6. The van der Waals surface area contributed by atoms with E-state index in [9.17, 15) is 8.42 Å². The van der Waals surface area contributed by atoms with Crippen molar-refractivity contribution in [2.45, 2.75) is 56.7 Å². The summed E-state index contributed by atoms with van der Waals surface area (Å²) in [5, 5.41) is 3.40. The molecule has 0 saturated carbocycles. The fraction of sp³-hybridized carbons (Fsp3) is 0.947. The molecular formula is C19H37IN4O3S. The van der Waals surface area contributed by atoms with E-state index in [-0.39, 0.29) is 35.3 Å². The molecule has 3 rings (SSSR count). The Morgan fingerprint density at radius 1 is 1.14 bits per heavy atom. The van der Waals surface area contributed by atoms with Crippen molar-refractivity contribution in [1.29, 1.82) is 0 Å². The van der Waals surface area contributed by atoms with Gasteiger partial charge in [-0.3, -0.25) is 9.89 Å². The monoisotopic (exact) mass is 528 g/mol. The third kappa shape index (κ3) is 5.13. The lowest BCUT2D eigenvalue weighted by molar-refractivity contribution is -0.0140. The maximum Gasteiger partial charge on any atom is 0.194 e. The number of halogens is 1. The minimum Gasteiger partial charge on any atom is -0.381 e. The number of aliphatic imine (C=N–C) groups is 1. The number of rotatable bonds is 4. The molecule has 0 atom stereocenters. The van der Waals surface area contributed by atoms with Crippen molar-refractivity contribution in [1.82, 2.24) is 15.1 Å². The smallest absolute Gasteiger partial charge is 0.194 e. The van der Waals surface area contributed by atoms with Crippen LogP contribution < -0.4 is 5.32 Å². The molecule has 0 radical (unpaired) electrons. The zero-order chi connectivity index (χ0) is 19.5. The molecule has 3 aliphatic heterocycles. The molecule has 3 fully saturated rings. The van der Waals surface area contributed by atoms with Crippen LogP contribution in [0.2, 0.25) is 0 Å². The molecule has 3 aliphatic rings. The highest BCUT2D eigenvalue weighted by molar-refractivity contribution is 14.0. The molecule has 1 N–H and O–H groups in total. The fourth-order valence-electron chi connectivity index (χ4n) is 4.49. The average molecular weight is 529 g/mol. The van der Waals surface area contributed by atoms with Crippen LogP contribution in [0.3, 0.4) is 0 Å². The first-order valence-corrected chi connectivity index (χ1v) is 12.0. The second-order valence-corrected chi connectivity index (χ2v) is 11.4. The Labute approximate surface area is 187 Å². The van der Waals surface area contributed by atoms with Gasteiger partial charge in [-0.25, -0.2) is 8.42 Å². The molecule has 0 aromatic rings. The van der Waals surface area contributed by atoms with E-state index in [0.29, 0.717) is 13.1 Å². The lowest BCUT2D eigenvalue weighted by Crippen LogP contribution is -2.58. The molecule has 0 aromatic heterocycles. The van der Waals surface area contributed by atoms with Gasteiger partial charge in [0.1, 0.15) is 0 Å². The van der Waals surface area contributed by atoms with E-state index in [0.717, 1.165) is 58.2 Å². The average Bonchev–Trinajstić information content (AvgIpc) is 3.17. The van der Waals surface area contributed by atoms with Crippen LogP contribution >= 0.6 is 24.0 Å². The number of sulfone groups is 1. The van der Waals surface area contributed by atoms with Gasteiger partial charge in [-0.15, -0.1) is 24.0 Å². The number of nitrogens with one attached hydrogen (secondary N) is 1. The Bertz CT molecular complexity index is 642. The molecule has 3 heterocycles. The van der Waals surface area contributed by atoms with Crippen LogP contribution in [-0.2, 0) is 14.6 Å². The van der Waals surface area contributed by atoms with Gasteiger partial charge in [-0.1, -0.05) is 0 Å². The number of hydrogen-bond donors (Lipinski definition) is 1. The summed E-state index contributed by atoms with van der Waals surface area (Å²) in [6, 6.07) is 0. The first kappa shape index (κ1) is 24.1. The summed E-state index contributed by atoms with van der Waals surface area (Å²) < 4.78 is 29.6. The largest absolute Gasteiger partial charge is 0.381 e. The number of likely N-dealkylation sites (tertiary alicyclic amines) is 1. The molecule has 9 heteroatoms. The summed E-state index contributed by atoms with van der Waals surface area (Å²) >= 11 is 0. The predicted octanol–water partition coefficient (Wildman–Crippen LogP) is 1.72. The van der Waals surface area contributed by atoms with E-state index in [1.165, 1.54) is 12.8 Å². The molecule has 0 amide bonds. The molecule has 0 bridgehead atoms. The van der Waals surface area contributed by atoms with Crippen LogP contribution in [0.1, 0.15) is 46.5 Å². The van der Waals surface area contributed by atoms with Crippen molar-refractivity contribution < 1.29 is 13.2 Å². The second kappa shape index (κ2) is 9.78. The predicted molar refractivity (Wildman–Crippen MR) is 124 cm³/mol. The Kier molecular flexibility index (Phi) is 8.44. The summed E-state index contributed by atoms with van der Waals surface area (Å²) in [5.41, 5.74) is 0.0901. The minimum absolute atomic E-state index is 0. The van der Waals surface area contributed by atoms with E-state index in [4.69, 9.17) is 9.73 Å². The number of guanidine groups is 1. The van der Waals surface area contributed by atoms with Crippen molar-refractivity contribution >= 4 is 39.8 Å². The van der Waals surface area contributed by atoms with E-state index < -0.39 is 14.6 Å². The second-order valence-electron chi connectivity index (χ2n) is 8.70. The molecule has 164 valence electrons. The summed E-state index contributed by atoms with van der Waals surface area (Å²) in [6.07, 6.45) is 4.58. The normalized spacial score (nSPS) is 27.2. The van der Waals surface area contributed by atoms with E-state index >= 15 is 0 Å². The van der Waals surface area contributed by atoms with Crippen molar-refractivity contribution in [3.63, 3.8) is 0 Å². The van der Waals surface area contributed by atoms with Gasteiger partial charge in [0.15, 0.2) is 15.8 Å². The van der Waals surface area contributed by atoms with Gasteiger partial charge in [0, 0.05) is 38.4 Å². The lowest BCUT2D eigenvalue weighted by atomic mass is 9.88. The number of ether oxygens (including phenoxy) is 1. The summed E-state index contributed by atoms with van der Waals surface area (Å²) in [5.74, 6) is 1.04. The van der Waals surface area contributed by atoms with Gasteiger partial charge in [-0.2, -0.15) is 0 Å². The van der Waals surface area contributed by atoms with Crippen LogP contribution in [0.5, 0.6) is 0 Å². The Morgan fingerprint density at radius 3 is 2.36 bits per heavy atom. The first-order valence-electron chi connectivity index (χ1n) is 10.4. The highest BCUT2D eigenvalue weighted by Gasteiger charge is 2.42. The molecule has 7 nitrogen and oxygen atoms in total. The summed E-state index contributed by atoms with van der Waals surface area (Å²) in [4.78, 5) is 9.78. The summed E-state index contributed by atoms with van der Waals surface area (Å²) in [7, 11) is -3.05. The minimum atomic E-state index is -3.05. The zero-order valence-corrected chi connectivity index (χ0v) is 20.7. The van der Waals surface area contributed by atoms with Crippen molar-refractivity contribution in [2.24, 2.45) is 4.99 Å². The van der Waals surface area contributed by atoms with Crippen LogP contribution in [0.25, 0.3) is 0 Å². The van der Waals surface area contributed by atoms with Gasteiger partial charge in [0.2, 0.25) is 0 Å². The van der Waals surface area contributed by atoms with Gasteiger partial charge in [0.25, 0.3) is 0 Å². The van der Waals surface area contributed by atoms with Crippen LogP contribution in [0, 0.1) is 0 Å². The lowest BCUT2D eigenvalue weighted by Gasteiger charge is -2.44. The number of hydrogen-bond acceptors (Lipinski definition) is 5. The van der Waals surface area contributed by atoms with E-state index in [1.54, 1.807) is 0 Å². The van der Waals surface area contributed by atoms with E-state index in [1.807, 2.05) is 13.8 Å². The Balaban J connectivity index is 0.00000280. The van der Waals surface area contributed by atoms with Gasteiger partial charge >= 0.3 is 0 Å². The van der Waals surface area contributed by atoms with Gasteiger partial charge in [0.05, 0.1) is 17.0 Å². The van der Waals surface area contributed by atoms with Crippen molar-refractivity contribution in [3.05, 3.63) is 0 Å². The van der Waals surface area contributed by atoms with E-state index in [2.05, 4.69) is 22.0 Å². The first-order chi connectivity index (χ1) is 12.8. The van der Waals surface area contributed by atoms with Crippen LogP contribution in [-0.4, -0.2) is 92.7 Å². The van der Waals surface area contributed by atoms with Crippen LogP contribution in [0.15, 0.2) is 4.99 Å². The third-order valence-electron chi connectivity index (χ3n) is 6.40. The van der Waals surface area contributed by atoms with Crippen molar-refractivity contribution in [2.75, 3.05) is 58.2 Å². The molecule has 3 saturated heterocycles. The molecular weight excluding hydrogens is 491 g/mol. The topological polar surface area (TPSA) is 74.2 Å². The standard InChI is InChI=1S/C19H36N4O3S.HI/c1-4-20-17(22-11-14-27(24,25)18(2,3)16-22)21-15-19(7-12-26-13-8-19)23-9-5-6-10-23;/h4-16H2,1-3H3,(H,20,21);1H. The molecule has 0 spiro atoms. The number of nitrogens with zero attached hydrogens (tertiary/aromatic N) is 3. The highest BCUT2D eigenvalue weighted by Crippen LogP contribution is 2.32. The maximum atomic E-state index is 12.4. The molecule has 0 aliphatic carbocycles. The molecule has 0 unspecified atom stereocenters. The third-order valence-corrected chi connectivity index (χ3v) is 8.93. The molecule has 28 heavy (non-hydrogen) atoms. The quantitative estimate of drug-likeness (QED) is 0.341. The fourth-order valence-corrected chi connectivity index (χ4v) is 5.86. The highest BCUT2D eigenvalue weighted by atomic mass is 127. The molecule has 0 aromatic carbocycles. The SMILES string of the molecule is CCNC(=NCC1(N2CCCC2)CCOCC1)N1CCS(=O)(=O)C(C)(C)C1.I. The van der Waals surface area contributed by atoms with Crippen molar-refractivity contribution in [3.8, 4) is 0 Å². The Hall–Kier alpha value is -0.130.